The number of benzene rings is 3. The van der Waals surface area contributed by atoms with Gasteiger partial charge < -0.3 is 5.11 Å². The molecule has 38 heavy (non-hydrogen) atoms. The number of aromatic hydroxyl groups is 1. The lowest BCUT2D eigenvalue weighted by Crippen LogP contribution is -2.04. The van der Waals surface area contributed by atoms with E-state index in [1.807, 2.05) is 82.3 Å². The minimum atomic E-state index is -1.07. The highest BCUT2D eigenvalue weighted by Crippen LogP contribution is 2.25. The van der Waals surface area contributed by atoms with Crippen LogP contribution in [0.25, 0.3) is 0 Å². The van der Waals surface area contributed by atoms with Crippen LogP contribution in [0.2, 0.25) is 0 Å². The Bertz CT molecular complexity index is 1080. The third-order valence-electron chi connectivity index (χ3n) is 3.79. The summed E-state index contributed by atoms with van der Waals surface area (Å²) < 4.78 is 18.8. The summed E-state index contributed by atoms with van der Waals surface area (Å²) in [5.41, 5.74) is 7.29. The van der Waals surface area contributed by atoms with E-state index in [-0.39, 0.29) is 5.75 Å². The molecule has 0 bridgehead atoms. The SMILES string of the molecule is CC.CC.CNOOSc1ccc(N/N=C(/N=Nc2ccccc2O)c2ccccc2)cc1.COS(C)=O. The van der Waals surface area contributed by atoms with Crippen LogP contribution in [0.4, 0.5) is 11.4 Å². The van der Waals surface area contributed by atoms with Crippen molar-refractivity contribution in [2.45, 2.75) is 32.6 Å². The molecule has 1 unspecified atom stereocenters. The number of para-hydroxylation sites is 1. The fourth-order valence-corrected chi connectivity index (χ4v) is 2.60. The third kappa shape index (κ3) is 15.2. The molecule has 0 saturated carbocycles. The van der Waals surface area contributed by atoms with E-state index < -0.39 is 11.1 Å². The van der Waals surface area contributed by atoms with Crippen molar-refractivity contribution in [2.24, 2.45) is 15.3 Å². The van der Waals surface area contributed by atoms with E-state index in [0.29, 0.717) is 11.5 Å². The van der Waals surface area contributed by atoms with Gasteiger partial charge in [-0.3, -0.25) is 9.61 Å². The van der Waals surface area contributed by atoms with Gasteiger partial charge in [-0.1, -0.05) is 70.2 Å². The molecule has 0 aliphatic rings. The number of hydrogen-bond acceptors (Lipinski definition) is 10. The maximum absolute atomic E-state index is 9.87. The number of amidine groups is 1. The Morgan fingerprint density at radius 2 is 1.50 bits per heavy atom. The topological polar surface area (TPSA) is 126 Å². The fourth-order valence-electron chi connectivity index (χ4n) is 2.17. The van der Waals surface area contributed by atoms with Crippen molar-refractivity contribution < 1.29 is 22.8 Å². The van der Waals surface area contributed by atoms with Crippen molar-refractivity contribution in [1.29, 1.82) is 0 Å². The first-order chi connectivity index (χ1) is 18.5. The molecule has 3 aromatic rings. The number of anilines is 1. The van der Waals surface area contributed by atoms with Gasteiger partial charge in [0.15, 0.2) is 11.1 Å². The Kier molecular flexibility index (Phi) is 21.1. The summed E-state index contributed by atoms with van der Waals surface area (Å²) in [7, 11) is 3.00. The van der Waals surface area contributed by atoms with Gasteiger partial charge in [-0.2, -0.15) is 10.6 Å². The number of hydrazone groups is 1. The first-order valence-electron chi connectivity index (χ1n) is 11.8. The number of azo groups is 1. The van der Waals surface area contributed by atoms with Gasteiger partial charge in [-0.05, 0) is 36.4 Å². The third-order valence-corrected chi connectivity index (χ3v) is 4.86. The first-order valence-corrected chi connectivity index (χ1v) is 14.0. The quantitative estimate of drug-likeness (QED) is 0.0482. The van der Waals surface area contributed by atoms with E-state index in [2.05, 4.69) is 35.4 Å². The van der Waals surface area contributed by atoms with Crippen LogP contribution in [-0.2, 0) is 24.6 Å². The largest absolute Gasteiger partial charge is 0.506 e. The van der Waals surface area contributed by atoms with E-state index in [1.165, 1.54) is 13.4 Å². The molecule has 10 nitrogen and oxygen atoms in total. The Morgan fingerprint density at radius 3 is 2.05 bits per heavy atom. The molecule has 0 saturated heterocycles. The number of nitrogens with zero attached hydrogens (tertiary/aromatic N) is 3. The van der Waals surface area contributed by atoms with E-state index >= 15 is 0 Å². The number of phenolic OH excluding ortho intramolecular Hbond substituents is 1. The van der Waals surface area contributed by atoms with Crippen LogP contribution < -0.4 is 10.9 Å². The molecule has 0 amide bonds. The number of hydroxylamine groups is 1. The second kappa shape index (κ2) is 23.0. The number of hydrogen-bond donors (Lipinski definition) is 3. The van der Waals surface area contributed by atoms with E-state index in [0.717, 1.165) is 28.2 Å². The van der Waals surface area contributed by atoms with Crippen LogP contribution >= 0.6 is 12.0 Å². The highest BCUT2D eigenvalue weighted by Gasteiger charge is 2.04. The average molecular weight is 564 g/mol. The van der Waals surface area contributed by atoms with Crippen molar-refractivity contribution in [1.82, 2.24) is 5.48 Å². The number of nitrogens with one attached hydrogen (secondary N) is 2. The van der Waals surface area contributed by atoms with E-state index in [1.54, 1.807) is 31.3 Å². The van der Waals surface area contributed by atoms with Crippen molar-refractivity contribution in [3.8, 4) is 5.75 Å². The second-order valence-electron chi connectivity index (χ2n) is 6.13. The van der Waals surface area contributed by atoms with Gasteiger partial charge in [0.1, 0.15) is 11.4 Å². The molecule has 0 fully saturated rings. The standard InChI is InChI=1S/C20H19N5O3S.C2H6O2S.2C2H6/c1-21-27-28-29-17-13-11-16(12-14-17)22-24-20(15-7-3-2-4-8-15)25-23-18-9-5-6-10-19(18)26;1-4-5(2)3;2*1-2/h2-14,21-22,26H,1H3;1-2H3;2*1-2H3/b24-20+,25-23?;;;. The van der Waals surface area contributed by atoms with Gasteiger partial charge in [0.2, 0.25) is 5.84 Å². The summed E-state index contributed by atoms with van der Waals surface area (Å²) in [6, 6.07) is 23.6. The van der Waals surface area contributed by atoms with Crippen molar-refractivity contribution in [3.63, 3.8) is 0 Å². The molecule has 0 radical (unpaired) electrons. The highest BCUT2D eigenvalue weighted by atomic mass is 32.2. The predicted octanol–water partition coefficient (Wildman–Crippen LogP) is 7.02. The van der Waals surface area contributed by atoms with Crippen molar-refractivity contribution in [3.05, 3.63) is 84.4 Å². The van der Waals surface area contributed by atoms with E-state index in [4.69, 9.17) is 4.33 Å². The number of rotatable bonds is 9. The minimum Gasteiger partial charge on any atom is -0.506 e. The summed E-state index contributed by atoms with van der Waals surface area (Å²) in [6.07, 6.45) is 1.47. The van der Waals surface area contributed by atoms with Crippen LogP contribution in [0.15, 0.2) is 99.1 Å². The maximum Gasteiger partial charge on any atom is 0.201 e. The van der Waals surface area contributed by atoms with Crippen LogP contribution in [0.3, 0.4) is 0 Å². The fraction of sp³-hybridized carbons (Fsp3) is 0.269. The van der Waals surface area contributed by atoms with Gasteiger partial charge >= 0.3 is 0 Å². The smallest absolute Gasteiger partial charge is 0.201 e. The minimum absolute atomic E-state index is 0.0502. The Balaban J connectivity index is 0.00000134. The molecule has 3 aromatic carbocycles. The predicted molar refractivity (Wildman–Crippen MR) is 157 cm³/mol. The summed E-state index contributed by atoms with van der Waals surface area (Å²) in [4.78, 5) is 5.46. The van der Waals surface area contributed by atoms with Crippen LogP contribution in [-0.4, -0.2) is 35.6 Å². The highest BCUT2D eigenvalue weighted by molar-refractivity contribution is 7.94. The van der Waals surface area contributed by atoms with Crippen LogP contribution in [0.5, 0.6) is 5.75 Å². The molecule has 12 heteroatoms. The molecule has 208 valence electrons. The average Bonchev–Trinajstić information content (AvgIpc) is 2.97. The summed E-state index contributed by atoms with van der Waals surface area (Å²) in [5, 5.41) is 22.6. The molecule has 0 aromatic heterocycles. The molecule has 0 aliphatic heterocycles. The first kappa shape index (κ1) is 34.9. The zero-order valence-corrected chi connectivity index (χ0v) is 24.4. The van der Waals surface area contributed by atoms with Crippen LogP contribution in [0.1, 0.15) is 33.3 Å². The molecule has 0 heterocycles. The molecule has 1 atom stereocenters. The van der Waals surface area contributed by atoms with Gasteiger partial charge in [0.25, 0.3) is 0 Å². The summed E-state index contributed by atoms with van der Waals surface area (Å²) in [5.74, 6) is 0.423. The second-order valence-corrected chi connectivity index (χ2v) is 8.04. The zero-order valence-electron chi connectivity index (χ0n) is 22.7. The molecule has 0 spiro atoms. The lowest BCUT2D eigenvalue weighted by atomic mass is 10.2. The summed E-state index contributed by atoms with van der Waals surface area (Å²) in [6.45, 7) is 8.00. The molecular weight excluding hydrogens is 526 g/mol. The molecule has 0 aliphatic carbocycles. The molecular formula is C26H37N5O5S2. The number of phenols is 1. The van der Waals surface area contributed by atoms with Gasteiger partial charge in [-0.15, -0.1) is 19.6 Å². The van der Waals surface area contributed by atoms with Gasteiger partial charge in [0.05, 0.1) is 24.8 Å². The van der Waals surface area contributed by atoms with Gasteiger partial charge in [0, 0.05) is 23.8 Å². The lowest BCUT2D eigenvalue weighted by molar-refractivity contribution is -0.237. The summed E-state index contributed by atoms with van der Waals surface area (Å²) >= 11 is 0.00400. The Morgan fingerprint density at radius 1 is 0.921 bits per heavy atom. The monoisotopic (exact) mass is 563 g/mol. The van der Waals surface area contributed by atoms with Crippen molar-refractivity contribution >= 4 is 40.3 Å². The van der Waals surface area contributed by atoms with Gasteiger partial charge in [-0.25, -0.2) is 4.21 Å². The Hall–Kier alpha value is -3.13. The molecule has 3 rings (SSSR count). The zero-order chi connectivity index (χ0) is 28.6. The molecule has 3 N–H and O–H groups in total. The normalized spacial score (nSPS) is 11.2. The lowest BCUT2D eigenvalue weighted by Gasteiger charge is -2.05. The van der Waals surface area contributed by atoms with Crippen LogP contribution in [0, 0.1) is 0 Å². The Labute approximate surface area is 232 Å². The van der Waals surface area contributed by atoms with E-state index in [9.17, 15) is 9.32 Å². The maximum atomic E-state index is 9.87. The van der Waals surface area contributed by atoms with Crippen molar-refractivity contribution in [2.75, 3.05) is 25.8 Å².